The second kappa shape index (κ2) is 3.93. The summed E-state index contributed by atoms with van der Waals surface area (Å²) in [6, 6.07) is 1.75. The minimum atomic E-state index is -1.82. The lowest BCUT2D eigenvalue weighted by molar-refractivity contribution is -0.147. The second-order valence-corrected chi connectivity index (χ2v) is 3.42. The Kier molecular flexibility index (Phi) is 3.07. The van der Waals surface area contributed by atoms with Gasteiger partial charge < -0.3 is 15.3 Å². The molecule has 0 aliphatic heterocycles. The van der Waals surface area contributed by atoms with Gasteiger partial charge in [-0.05, 0) is 12.1 Å². The molecule has 6 heteroatoms. The smallest absolute Gasteiger partial charge is 0.337 e. The van der Waals surface area contributed by atoms with Crippen molar-refractivity contribution in [2.24, 2.45) is 0 Å². The van der Waals surface area contributed by atoms with Crippen LogP contribution in [0.4, 0.5) is 4.39 Å². The van der Waals surface area contributed by atoms with Crippen molar-refractivity contribution < 1.29 is 24.5 Å². The van der Waals surface area contributed by atoms with Crippen LogP contribution in [0.1, 0.15) is 11.7 Å². The molecule has 1 aromatic carbocycles. The maximum Gasteiger partial charge on any atom is 0.337 e. The number of hydrogen-bond acceptors (Lipinski definition) is 3. The average molecular weight is 265 g/mol. The molecule has 1 unspecified atom stereocenters. The number of rotatable bonds is 2. The Morgan fingerprint density at radius 3 is 2.57 bits per heavy atom. The minimum absolute atomic E-state index is 0.131. The monoisotopic (exact) mass is 264 g/mol. The number of aliphatic carboxylic acids is 1. The van der Waals surface area contributed by atoms with E-state index in [1.807, 2.05) is 0 Å². The first-order valence-electron chi connectivity index (χ1n) is 3.52. The predicted molar refractivity (Wildman–Crippen MR) is 48.4 cm³/mol. The Morgan fingerprint density at radius 2 is 2.07 bits per heavy atom. The Bertz CT molecular complexity index is 380. The molecule has 0 spiro atoms. The Balaban J connectivity index is 3.22. The lowest BCUT2D eigenvalue weighted by Crippen LogP contribution is -2.11. The van der Waals surface area contributed by atoms with Gasteiger partial charge in [-0.2, -0.15) is 0 Å². The molecule has 0 aliphatic rings. The third kappa shape index (κ3) is 2.02. The molecule has 0 saturated heterocycles. The van der Waals surface area contributed by atoms with Crippen LogP contribution in [0.3, 0.4) is 0 Å². The van der Waals surface area contributed by atoms with E-state index in [2.05, 4.69) is 15.9 Å². The van der Waals surface area contributed by atoms with Gasteiger partial charge >= 0.3 is 5.97 Å². The van der Waals surface area contributed by atoms with E-state index in [1.165, 1.54) is 0 Å². The first-order chi connectivity index (χ1) is 6.43. The molecule has 3 N–H and O–H groups in total. The summed E-state index contributed by atoms with van der Waals surface area (Å²) in [5.41, 5.74) is -0.146. The van der Waals surface area contributed by atoms with Crippen LogP contribution in [0.5, 0.6) is 5.75 Å². The molecule has 76 valence electrons. The Labute approximate surface area is 86.7 Å². The maximum absolute atomic E-state index is 12.8. The van der Waals surface area contributed by atoms with Crippen LogP contribution < -0.4 is 0 Å². The van der Waals surface area contributed by atoms with E-state index >= 15 is 0 Å². The highest BCUT2D eigenvalue weighted by atomic mass is 79.9. The molecule has 0 saturated carbocycles. The summed E-state index contributed by atoms with van der Waals surface area (Å²) >= 11 is 2.90. The van der Waals surface area contributed by atoms with Gasteiger partial charge in [-0.1, -0.05) is 15.9 Å². The summed E-state index contributed by atoms with van der Waals surface area (Å²) in [5, 5.41) is 26.5. The zero-order chi connectivity index (χ0) is 10.9. The largest absolute Gasteiger partial charge is 0.505 e. The highest BCUT2D eigenvalue weighted by Crippen LogP contribution is 2.29. The van der Waals surface area contributed by atoms with Crippen LogP contribution in [0.15, 0.2) is 16.6 Å². The molecule has 4 nitrogen and oxygen atoms in total. The van der Waals surface area contributed by atoms with Crippen molar-refractivity contribution in [3.05, 3.63) is 28.0 Å². The van der Waals surface area contributed by atoms with Gasteiger partial charge in [-0.3, -0.25) is 0 Å². The van der Waals surface area contributed by atoms with Gasteiger partial charge in [0, 0.05) is 10.0 Å². The van der Waals surface area contributed by atoms with Gasteiger partial charge in [-0.15, -0.1) is 0 Å². The van der Waals surface area contributed by atoms with E-state index in [0.29, 0.717) is 0 Å². The summed E-state index contributed by atoms with van der Waals surface area (Å²) in [5.74, 6) is -3.09. The fourth-order valence-corrected chi connectivity index (χ4v) is 1.44. The van der Waals surface area contributed by atoms with E-state index in [9.17, 15) is 9.18 Å². The number of phenolic OH excluding ortho intramolecular Hbond substituents is 1. The van der Waals surface area contributed by atoms with Crippen LogP contribution in [0.2, 0.25) is 0 Å². The summed E-state index contributed by atoms with van der Waals surface area (Å²) in [4.78, 5) is 10.4. The van der Waals surface area contributed by atoms with Crippen LogP contribution >= 0.6 is 15.9 Å². The molecule has 1 aromatic rings. The molecule has 0 fully saturated rings. The molecule has 0 aromatic heterocycles. The normalized spacial score (nSPS) is 12.5. The highest BCUT2D eigenvalue weighted by molar-refractivity contribution is 9.10. The van der Waals surface area contributed by atoms with Crippen molar-refractivity contribution in [1.29, 1.82) is 0 Å². The van der Waals surface area contributed by atoms with Crippen molar-refractivity contribution in [3.8, 4) is 5.75 Å². The summed E-state index contributed by atoms with van der Waals surface area (Å²) in [7, 11) is 0. The molecular weight excluding hydrogens is 259 g/mol. The molecule has 1 atom stereocenters. The third-order valence-corrected chi connectivity index (χ3v) is 2.28. The van der Waals surface area contributed by atoms with Crippen molar-refractivity contribution >= 4 is 21.9 Å². The van der Waals surface area contributed by atoms with Crippen molar-refractivity contribution in [2.45, 2.75) is 6.10 Å². The molecule has 0 radical (unpaired) electrons. The Hall–Kier alpha value is -1.14. The summed E-state index contributed by atoms with van der Waals surface area (Å²) in [6.07, 6.45) is -1.82. The van der Waals surface area contributed by atoms with Gasteiger partial charge in [0.05, 0.1) is 0 Å². The van der Waals surface area contributed by atoms with Crippen molar-refractivity contribution in [1.82, 2.24) is 0 Å². The maximum atomic E-state index is 12.8. The van der Waals surface area contributed by atoms with Gasteiger partial charge in [-0.25, -0.2) is 9.18 Å². The SMILES string of the molecule is O=C(O)C(O)c1cc(F)c(O)cc1Br. The Morgan fingerprint density at radius 1 is 1.50 bits per heavy atom. The number of halogens is 2. The molecule has 0 bridgehead atoms. The second-order valence-electron chi connectivity index (χ2n) is 2.57. The molecule has 0 aliphatic carbocycles. The average Bonchev–Trinajstić information content (AvgIpc) is 2.10. The first-order valence-corrected chi connectivity index (χ1v) is 4.31. The van der Waals surface area contributed by atoms with Gasteiger partial charge in [0.1, 0.15) is 0 Å². The van der Waals surface area contributed by atoms with Gasteiger partial charge in [0.2, 0.25) is 0 Å². The van der Waals surface area contributed by atoms with E-state index in [0.717, 1.165) is 12.1 Å². The number of benzene rings is 1. The molecule has 0 amide bonds. The molecule has 14 heavy (non-hydrogen) atoms. The quantitative estimate of drug-likeness (QED) is 0.755. The number of aliphatic hydroxyl groups is 1. The summed E-state index contributed by atoms with van der Waals surface area (Å²) < 4.78 is 12.9. The topological polar surface area (TPSA) is 77.8 Å². The molecule has 0 heterocycles. The van der Waals surface area contributed by atoms with Crippen LogP contribution in [0.25, 0.3) is 0 Å². The fraction of sp³-hybridized carbons (Fsp3) is 0.125. The number of carboxylic acid groups (broad SMARTS) is 1. The van der Waals surface area contributed by atoms with Gasteiger partial charge in [0.25, 0.3) is 0 Å². The molecular formula is C8H6BrFO4. The number of phenols is 1. The number of carbonyl (C=O) groups is 1. The highest BCUT2D eigenvalue weighted by Gasteiger charge is 2.20. The fourth-order valence-electron chi connectivity index (χ4n) is 0.894. The number of carboxylic acids is 1. The van der Waals surface area contributed by atoms with Crippen LogP contribution in [-0.2, 0) is 4.79 Å². The number of hydrogen-bond donors (Lipinski definition) is 3. The zero-order valence-electron chi connectivity index (χ0n) is 6.74. The predicted octanol–water partition coefficient (Wildman–Crippen LogP) is 1.41. The van der Waals surface area contributed by atoms with E-state index in [4.69, 9.17) is 15.3 Å². The standard InChI is InChI=1S/C8H6BrFO4/c9-4-2-6(11)5(10)1-3(4)7(12)8(13)14/h1-2,7,11-12H,(H,13,14). The van der Waals surface area contributed by atoms with Crippen LogP contribution in [0, 0.1) is 5.82 Å². The third-order valence-electron chi connectivity index (χ3n) is 1.59. The molecule has 1 rings (SSSR count). The lowest BCUT2D eigenvalue weighted by atomic mass is 10.1. The summed E-state index contributed by atoms with van der Waals surface area (Å²) in [6.45, 7) is 0. The number of aromatic hydroxyl groups is 1. The zero-order valence-corrected chi connectivity index (χ0v) is 8.32. The lowest BCUT2D eigenvalue weighted by Gasteiger charge is -2.08. The first kappa shape index (κ1) is 10.9. The van der Waals surface area contributed by atoms with Gasteiger partial charge in [0.15, 0.2) is 17.7 Å². The minimum Gasteiger partial charge on any atom is -0.505 e. The van der Waals surface area contributed by atoms with E-state index < -0.39 is 23.6 Å². The van der Waals surface area contributed by atoms with Crippen LogP contribution in [-0.4, -0.2) is 21.3 Å². The van der Waals surface area contributed by atoms with E-state index in [-0.39, 0.29) is 10.0 Å². The number of aliphatic hydroxyl groups excluding tert-OH is 1. The van der Waals surface area contributed by atoms with Crippen molar-refractivity contribution in [2.75, 3.05) is 0 Å². The van der Waals surface area contributed by atoms with Crippen molar-refractivity contribution in [3.63, 3.8) is 0 Å². The van der Waals surface area contributed by atoms with E-state index in [1.54, 1.807) is 0 Å².